The summed E-state index contributed by atoms with van der Waals surface area (Å²) < 4.78 is 0. The molecule has 0 aliphatic heterocycles. The predicted octanol–water partition coefficient (Wildman–Crippen LogP) is 5.62. The highest BCUT2D eigenvalue weighted by Crippen LogP contribution is 2.27. The third-order valence-corrected chi connectivity index (χ3v) is 2.98. The normalized spacial score (nSPS) is 15.2. The summed E-state index contributed by atoms with van der Waals surface area (Å²) in [6, 6.07) is 0. The minimum atomic E-state index is 1.01. The molecule has 0 spiro atoms. The van der Waals surface area contributed by atoms with E-state index in [2.05, 4.69) is 38.5 Å². The molecule has 1 aliphatic carbocycles. The molecule has 0 N–H and O–H groups in total. The van der Waals surface area contributed by atoms with Crippen LogP contribution in [0.4, 0.5) is 0 Å². The van der Waals surface area contributed by atoms with Gasteiger partial charge in [-0.2, -0.15) is 0 Å². The number of rotatable bonds is 6. The first-order chi connectivity index (χ1) is 9.04. The number of hydrogen-bond acceptors (Lipinski definition) is 0. The maximum Gasteiger partial charge on any atom is -0.0232 e. The lowest BCUT2D eigenvalue weighted by atomic mass is 9.90. The van der Waals surface area contributed by atoms with Gasteiger partial charge in [0.1, 0.15) is 0 Å². The summed E-state index contributed by atoms with van der Waals surface area (Å²) in [5.41, 5.74) is 5.71. The van der Waals surface area contributed by atoms with Gasteiger partial charge in [-0.1, -0.05) is 74.4 Å². The van der Waals surface area contributed by atoms with Gasteiger partial charge >= 0.3 is 0 Å². The van der Waals surface area contributed by atoms with E-state index in [0.29, 0.717) is 0 Å². The molecule has 0 fully saturated rings. The second-order valence-corrected chi connectivity index (χ2v) is 4.71. The summed E-state index contributed by atoms with van der Waals surface area (Å²) in [6.45, 7) is 17.7. The monoisotopic (exact) mass is 250 g/mol. The molecule has 0 aromatic rings. The van der Waals surface area contributed by atoms with Gasteiger partial charge in [-0.05, 0) is 42.1 Å². The van der Waals surface area contributed by atoms with Crippen molar-refractivity contribution in [2.45, 2.75) is 19.8 Å². The van der Waals surface area contributed by atoms with Crippen molar-refractivity contribution in [1.29, 1.82) is 0 Å². The topological polar surface area (TPSA) is 0 Å². The molecule has 1 aliphatic rings. The minimum Gasteiger partial charge on any atom is -0.0991 e. The van der Waals surface area contributed by atoms with Crippen LogP contribution in [0.25, 0.3) is 0 Å². The molecule has 0 unspecified atom stereocenters. The fraction of sp³-hybridized carbons (Fsp3) is 0.158. The molecular weight excluding hydrogens is 228 g/mol. The zero-order valence-corrected chi connectivity index (χ0v) is 11.8. The molecule has 0 radical (unpaired) electrons. The molecule has 0 atom stereocenters. The Balaban J connectivity index is 2.75. The van der Waals surface area contributed by atoms with Gasteiger partial charge < -0.3 is 0 Å². The van der Waals surface area contributed by atoms with Gasteiger partial charge in [0.25, 0.3) is 0 Å². The van der Waals surface area contributed by atoms with Gasteiger partial charge in [0.05, 0.1) is 0 Å². The first-order valence-corrected chi connectivity index (χ1v) is 6.45. The highest BCUT2D eigenvalue weighted by molar-refractivity contribution is 5.48. The zero-order valence-electron chi connectivity index (χ0n) is 11.8. The molecule has 0 aromatic carbocycles. The first-order valence-electron chi connectivity index (χ1n) is 6.45. The van der Waals surface area contributed by atoms with E-state index in [9.17, 15) is 0 Å². The van der Waals surface area contributed by atoms with Gasteiger partial charge in [0, 0.05) is 0 Å². The van der Waals surface area contributed by atoms with Crippen LogP contribution in [0.3, 0.4) is 0 Å². The van der Waals surface area contributed by atoms with Gasteiger partial charge in [0.2, 0.25) is 0 Å². The molecular formula is C19H22. The average Bonchev–Trinajstić information content (AvgIpc) is 2.42. The van der Waals surface area contributed by atoms with Crippen molar-refractivity contribution in [2.24, 2.45) is 0 Å². The molecule has 98 valence electrons. The van der Waals surface area contributed by atoms with E-state index < -0.39 is 0 Å². The molecule has 0 heterocycles. The van der Waals surface area contributed by atoms with E-state index in [1.54, 1.807) is 6.08 Å². The van der Waals surface area contributed by atoms with Crippen molar-refractivity contribution in [1.82, 2.24) is 0 Å². The third kappa shape index (κ3) is 4.97. The molecule has 1 rings (SSSR count). The smallest absolute Gasteiger partial charge is 0.0232 e. The Bertz CT molecular complexity index is 516. The van der Waals surface area contributed by atoms with E-state index in [0.717, 1.165) is 29.6 Å². The third-order valence-electron chi connectivity index (χ3n) is 2.98. The first kappa shape index (κ1) is 15.0. The van der Waals surface area contributed by atoms with Crippen LogP contribution in [0.2, 0.25) is 0 Å². The minimum absolute atomic E-state index is 1.01. The number of allylic oxidation sites excluding steroid dienone is 12. The molecule has 0 amide bonds. The maximum atomic E-state index is 4.09. The standard InChI is InChI=1S/C19H22/c1-6-7-8-16(4)18-11-13-19(14-12-18)17(5)10-9-15(2)3/h6-11,13H,1-2,4-5,12,14H2,3H3/b8-7-,10-9-. The fourth-order valence-electron chi connectivity index (χ4n) is 1.81. The SMILES string of the molecule is C=C/C=C\C(=C)C1=CC=C(C(=C)/C=C\C(=C)C)CC1. The summed E-state index contributed by atoms with van der Waals surface area (Å²) in [4.78, 5) is 0. The van der Waals surface area contributed by atoms with Crippen LogP contribution in [0.1, 0.15) is 19.8 Å². The average molecular weight is 250 g/mol. The largest absolute Gasteiger partial charge is 0.0991 e. The van der Waals surface area contributed by atoms with E-state index in [-0.39, 0.29) is 0 Å². The summed E-state index contributed by atoms with van der Waals surface area (Å²) in [5.74, 6) is 0. The highest BCUT2D eigenvalue weighted by atomic mass is 14.1. The number of hydrogen-bond donors (Lipinski definition) is 0. The van der Waals surface area contributed by atoms with Gasteiger partial charge in [-0.25, -0.2) is 0 Å². The Morgan fingerprint density at radius 2 is 1.47 bits per heavy atom. The van der Waals surface area contributed by atoms with Crippen LogP contribution < -0.4 is 0 Å². The van der Waals surface area contributed by atoms with Gasteiger partial charge in [-0.15, -0.1) is 0 Å². The van der Waals surface area contributed by atoms with E-state index >= 15 is 0 Å². The Labute approximate surface area is 117 Å². The lowest BCUT2D eigenvalue weighted by Gasteiger charge is -2.15. The van der Waals surface area contributed by atoms with Crippen molar-refractivity contribution >= 4 is 0 Å². The summed E-state index contributed by atoms with van der Waals surface area (Å²) in [6.07, 6.45) is 16.0. The lowest BCUT2D eigenvalue weighted by molar-refractivity contribution is 0.934. The second-order valence-electron chi connectivity index (χ2n) is 4.71. The van der Waals surface area contributed by atoms with Crippen molar-refractivity contribution in [3.05, 3.63) is 96.7 Å². The summed E-state index contributed by atoms with van der Waals surface area (Å²) in [7, 11) is 0. The Morgan fingerprint density at radius 1 is 0.947 bits per heavy atom. The van der Waals surface area contributed by atoms with Crippen LogP contribution in [0.5, 0.6) is 0 Å². The lowest BCUT2D eigenvalue weighted by Crippen LogP contribution is -1.96. The van der Waals surface area contributed by atoms with Crippen LogP contribution in [0.15, 0.2) is 96.7 Å². The molecule has 0 saturated heterocycles. The van der Waals surface area contributed by atoms with Crippen LogP contribution >= 0.6 is 0 Å². The van der Waals surface area contributed by atoms with Crippen molar-refractivity contribution in [3.63, 3.8) is 0 Å². The second kappa shape index (κ2) is 7.38. The fourth-order valence-corrected chi connectivity index (χ4v) is 1.81. The van der Waals surface area contributed by atoms with E-state index in [1.165, 1.54) is 11.1 Å². The van der Waals surface area contributed by atoms with Crippen molar-refractivity contribution in [2.75, 3.05) is 0 Å². The van der Waals surface area contributed by atoms with Crippen molar-refractivity contribution in [3.8, 4) is 0 Å². The molecule has 0 heteroatoms. The quantitative estimate of drug-likeness (QED) is 0.537. The summed E-state index contributed by atoms with van der Waals surface area (Å²) in [5, 5.41) is 0. The Hall–Kier alpha value is -2.08. The van der Waals surface area contributed by atoms with Gasteiger partial charge in [0.15, 0.2) is 0 Å². The van der Waals surface area contributed by atoms with Crippen LogP contribution in [-0.4, -0.2) is 0 Å². The highest BCUT2D eigenvalue weighted by Gasteiger charge is 2.08. The molecule has 0 bridgehead atoms. The molecule has 19 heavy (non-hydrogen) atoms. The molecule has 0 aromatic heterocycles. The Morgan fingerprint density at radius 3 is 1.89 bits per heavy atom. The zero-order chi connectivity index (χ0) is 14.3. The maximum absolute atomic E-state index is 4.09. The summed E-state index contributed by atoms with van der Waals surface area (Å²) >= 11 is 0. The Kier molecular flexibility index (Phi) is 5.81. The van der Waals surface area contributed by atoms with Crippen LogP contribution in [-0.2, 0) is 0 Å². The predicted molar refractivity (Wildman–Crippen MR) is 87.0 cm³/mol. The molecule has 0 nitrogen and oxygen atoms in total. The molecule has 0 saturated carbocycles. The van der Waals surface area contributed by atoms with E-state index in [4.69, 9.17) is 0 Å². The van der Waals surface area contributed by atoms with Crippen LogP contribution in [0, 0.1) is 0 Å². The van der Waals surface area contributed by atoms with E-state index in [1.807, 2.05) is 31.2 Å². The van der Waals surface area contributed by atoms with Gasteiger partial charge in [-0.3, -0.25) is 0 Å². The van der Waals surface area contributed by atoms with Crippen molar-refractivity contribution < 1.29 is 0 Å².